The molecule has 5 nitrogen and oxygen atoms in total. The van der Waals surface area contributed by atoms with E-state index in [1.54, 1.807) is 16.4 Å². The van der Waals surface area contributed by atoms with Crippen LogP contribution in [0, 0.1) is 13.8 Å². The summed E-state index contributed by atoms with van der Waals surface area (Å²) >= 11 is 0. The fourth-order valence-electron chi connectivity index (χ4n) is 5.83. The van der Waals surface area contributed by atoms with Crippen molar-refractivity contribution in [2.75, 3.05) is 26.2 Å². The average molecular weight is 491 g/mol. The zero-order valence-electron chi connectivity index (χ0n) is 20.5. The molecular formula is C29H34N2O3S. The van der Waals surface area contributed by atoms with E-state index in [1.165, 1.54) is 11.1 Å². The maximum Gasteiger partial charge on any atom is 0.243 e. The van der Waals surface area contributed by atoms with Crippen LogP contribution in [0.2, 0.25) is 0 Å². The van der Waals surface area contributed by atoms with Gasteiger partial charge >= 0.3 is 0 Å². The molecule has 184 valence electrons. The van der Waals surface area contributed by atoms with Crippen LogP contribution in [0.4, 0.5) is 0 Å². The minimum absolute atomic E-state index is 0.0194. The molecule has 0 saturated carbocycles. The van der Waals surface area contributed by atoms with Crippen molar-refractivity contribution in [1.29, 1.82) is 0 Å². The van der Waals surface area contributed by atoms with Crippen LogP contribution in [0.1, 0.15) is 35.4 Å². The molecule has 3 aromatic carbocycles. The summed E-state index contributed by atoms with van der Waals surface area (Å²) in [6.07, 6.45) is 1.74. The summed E-state index contributed by atoms with van der Waals surface area (Å²) in [6.45, 7) is 5.89. The Morgan fingerprint density at radius 3 is 2.34 bits per heavy atom. The number of fused-ring (bicyclic) bond motifs is 1. The standard InChI is InChI=1S/C29H34N2O3S/c1-21-8-7-10-25(18-21)23-12-14-24(15-13-23)29-26-19-30(16-5-6-17-31(26)27(29)20-32)35(33,34)28-11-4-3-9-22(28)2/h3-4,7-15,18,26-27,29,32H,5-6,16-17,19-20H2,1-2H3/t26?,27-,29+/m1/s1. The lowest BCUT2D eigenvalue weighted by molar-refractivity contribution is -0.0553. The number of rotatable bonds is 5. The lowest BCUT2D eigenvalue weighted by Crippen LogP contribution is -2.67. The van der Waals surface area contributed by atoms with Gasteiger partial charge in [0.25, 0.3) is 0 Å². The van der Waals surface area contributed by atoms with Crippen molar-refractivity contribution in [3.8, 4) is 11.1 Å². The van der Waals surface area contributed by atoms with Gasteiger partial charge in [-0.05, 0) is 61.6 Å². The summed E-state index contributed by atoms with van der Waals surface area (Å²) in [5.74, 6) is 0.0965. The summed E-state index contributed by atoms with van der Waals surface area (Å²) in [4.78, 5) is 2.71. The molecular weight excluding hydrogens is 456 g/mol. The summed E-state index contributed by atoms with van der Waals surface area (Å²) in [5, 5.41) is 10.2. The van der Waals surface area contributed by atoms with Gasteiger partial charge in [0.15, 0.2) is 0 Å². The van der Waals surface area contributed by atoms with E-state index in [0.29, 0.717) is 18.0 Å². The molecule has 1 unspecified atom stereocenters. The number of aryl methyl sites for hydroxylation is 2. The maximum atomic E-state index is 13.6. The third-order valence-electron chi connectivity index (χ3n) is 7.69. The van der Waals surface area contributed by atoms with Crippen molar-refractivity contribution in [3.63, 3.8) is 0 Å². The van der Waals surface area contributed by atoms with Gasteiger partial charge in [-0.15, -0.1) is 0 Å². The van der Waals surface area contributed by atoms with Crippen molar-refractivity contribution >= 4 is 10.0 Å². The number of benzene rings is 3. The van der Waals surface area contributed by atoms with E-state index >= 15 is 0 Å². The molecule has 2 fully saturated rings. The molecule has 0 amide bonds. The Hall–Kier alpha value is -2.51. The topological polar surface area (TPSA) is 60.9 Å². The van der Waals surface area contributed by atoms with Crippen LogP contribution in [0.5, 0.6) is 0 Å². The summed E-state index contributed by atoms with van der Waals surface area (Å²) in [5.41, 5.74) is 5.51. The maximum absolute atomic E-state index is 13.6. The van der Waals surface area contributed by atoms with Crippen molar-refractivity contribution in [2.45, 2.75) is 49.6 Å². The largest absolute Gasteiger partial charge is 0.395 e. The number of aliphatic hydroxyl groups excluding tert-OH is 1. The smallest absolute Gasteiger partial charge is 0.243 e. The zero-order chi connectivity index (χ0) is 24.6. The minimum Gasteiger partial charge on any atom is -0.395 e. The normalized spacial score (nSPS) is 23.7. The lowest BCUT2D eigenvalue weighted by atomic mass is 9.74. The first-order valence-electron chi connectivity index (χ1n) is 12.5. The molecule has 3 aromatic rings. The molecule has 0 spiro atoms. The van der Waals surface area contributed by atoms with Crippen LogP contribution in [0.3, 0.4) is 0 Å². The highest BCUT2D eigenvalue weighted by molar-refractivity contribution is 7.89. The number of hydrogen-bond acceptors (Lipinski definition) is 4. The molecule has 1 N–H and O–H groups in total. The Labute approximate surface area is 209 Å². The molecule has 0 bridgehead atoms. The Bertz CT molecular complexity index is 1290. The van der Waals surface area contributed by atoms with Gasteiger partial charge < -0.3 is 5.11 Å². The molecule has 0 radical (unpaired) electrons. The quantitative estimate of drug-likeness (QED) is 0.569. The van der Waals surface area contributed by atoms with Crippen LogP contribution < -0.4 is 0 Å². The minimum atomic E-state index is -3.59. The predicted octanol–water partition coefficient (Wildman–Crippen LogP) is 4.58. The molecule has 2 aliphatic rings. The van der Waals surface area contributed by atoms with E-state index in [2.05, 4.69) is 60.4 Å². The average Bonchev–Trinajstić information content (AvgIpc) is 2.83. The number of nitrogens with zero attached hydrogens (tertiary/aromatic N) is 2. The second kappa shape index (κ2) is 9.86. The lowest BCUT2D eigenvalue weighted by Gasteiger charge is -2.57. The molecule has 35 heavy (non-hydrogen) atoms. The molecule has 6 heteroatoms. The summed E-state index contributed by atoms with van der Waals surface area (Å²) in [7, 11) is -3.59. The molecule has 0 aromatic heterocycles. The van der Waals surface area contributed by atoms with Gasteiger partial charge in [-0.1, -0.05) is 72.3 Å². The number of sulfonamides is 1. The monoisotopic (exact) mass is 490 g/mol. The van der Waals surface area contributed by atoms with Crippen LogP contribution in [-0.4, -0.2) is 61.1 Å². The molecule has 2 saturated heterocycles. The van der Waals surface area contributed by atoms with E-state index in [9.17, 15) is 13.5 Å². The number of hydrogen-bond donors (Lipinski definition) is 1. The highest BCUT2D eigenvalue weighted by Crippen LogP contribution is 2.43. The van der Waals surface area contributed by atoms with Gasteiger partial charge in [-0.2, -0.15) is 4.31 Å². The van der Waals surface area contributed by atoms with Gasteiger partial charge in [-0.25, -0.2) is 8.42 Å². The van der Waals surface area contributed by atoms with Crippen LogP contribution in [0.15, 0.2) is 77.7 Å². The number of aliphatic hydroxyl groups is 1. The molecule has 3 atom stereocenters. The highest BCUT2D eigenvalue weighted by Gasteiger charge is 2.50. The zero-order valence-corrected chi connectivity index (χ0v) is 21.3. The predicted molar refractivity (Wildman–Crippen MR) is 140 cm³/mol. The molecule has 2 heterocycles. The summed E-state index contributed by atoms with van der Waals surface area (Å²) in [6, 6.07) is 24.4. The van der Waals surface area contributed by atoms with E-state index in [1.807, 2.05) is 19.1 Å². The van der Waals surface area contributed by atoms with E-state index in [4.69, 9.17) is 0 Å². The Morgan fingerprint density at radius 2 is 1.63 bits per heavy atom. The Balaban J connectivity index is 1.43. The Morgan fingerprint density at radius 1 is 0.886 bits per heavy atom. The second-order valence-corrected chi connectivity index (χ2v) is 11.8. The molecule has 0 aliphatic carbocycles. The fourth-order valence-corrected chi connectivity index (χ4v) is 7.56. The molecule has 5 rings (SSSR count). The first-order chi connectivity index (χ1) is 16.9. The second-order valence-electron chi connectivity index (χ2n) is 9.91. The van der Waals surface area contributed by atoms with Gasteiger partial charge in [-0.3, -0.25) is 4.90 Å². The van der Waals surface area contributed by atoms with Crippen LogP contribution in [0.25, 0.3) is 11.1 Å². The van der Waals surface area contributed by atoms with E-state index < -0.39 is 10.0 Å². The highest BCUT2D eigenvalue weighted by atomic mass is 32.2. The van der Waals surface area contributed by atoms with E-state index in [0.717, 1.165) is 36.1 Å². The Kier molecular flexibility index (Phi) is 6.82. The van der Waals surface area contributed by atoms with Crippen molar-refractivity contribution in [1.82, 2.24) is 9.21 Å². The first kappa shape index (κ1) is 24.2. The van der Waals surface area contributed by atoms with Gasteiger partial charge in [0.05, 0.1) is 11.5 Å². The molecule has 2 aliphatic heterocycles. The van der Waals surface area contributed by atoms with Gasteiger partial charge in [0, 0.05) is 31.1 Å². The van der Waals surface area contributed by atoms with Crippen LogP contribution >= 0.6 is 0 Å². The van der Waals surface area contributed by atoms with Crippen molar-refractivity contribution < 1.29 is 13.5 Å². The van der Waals surface area contributed by atoms with Gasteiger partial charge in [0.2, 0.25) is 10.0 Å². The van der Waals surface area contributed by atoms with Crippen molar-refractivity contribution in [3.05, 3.63) is 89.5 Å². The third kappa shape index (κ3) is 4.56. The first-order valence-corrected chi connectivity index (χ1v) is 13.9. The van der Waals surface area contributed by atoms with Crippen LogP contribution in [-0.2, 0) is 10.0 Å². The van der Waals surface area contributed by atoms with Crippen molar-refractivity contribution in [2.24, 2.45) is 0 Å². The van der Waals surface area contributed by atoms with E-state index in [-0.39, 0.29) is 24.6 Å². The summed E-state index contributed by atoms with van der Waals surface area (Å²) < 4.78 is 28.9. The SMILES string of the molecule is Cc1cccc(-c2ccc([C@H]3C4CN(S(=O)(=O)c5ccccc5C)CCCCN4[C@@H]3CO)cc2)c1. The van der Waals surface area contributed by atoms with Gasteiger partial charge in [0.1, 0.15) is 0 Å². The fraction of sp³-hybridized carbons (Fsp3) is 0.379. The third-order valence-corrected chi connectivity index (χ3v) is 9.72.